The Kier molecular flexibility index (Phi) is 20.2. The molecule has 1 aromatic heterocycles. The zero-order valence-corrected chi connectivity index (χ0v) is 41.3. The van der Waals surface area contributed by atoms with Crippen LogP contribution in [-0.2, 0) is 0 Å². The largest absolute Gasteiger partial charge is 0.486 e. The van der Waals surface area contributed by atoms with Gasteiger partial charge >= 0.3 is 0 Å². The van der Waals surface area contributed by atoms with Crippen LogP contribution in [0.25, 0.3) is 0 Å². The van der Waals surface area contributed by atoms with E-state index in [1.807, 2.05) is 24.3 Å². The number of fused-ring (bicyclic) bond motifs is 2. The van der Waals surface area contributed by atoms with Gasteiger partial charge in [0.25, 0.3) is 0 Å². The van der Waals surface area contributed by atoms with E-state index in [1.165, 1.54) is 74.6 Å². The number of ether oxygens (including phenoxy) is 4. The van der Waals surface area contributed by atoms with E-state index >= 15 is 0 Å². The molecule has 4 aromatic carbocycles. The van der Waals surface area contributed by atoms with Crippen LogP contribution in [0.3, 0.4) is 0 Å². The third-order valence-corrected chi connectivity index (χ3v) is 14.3. The lowest BCUT2D eigenvalue weighted by atomic mass is 10.1. The van der Waals surface area contributed by atoms with Crippen LogP contribution in [0.15, 0.2) is 89.9 Å². The Balaban J connectivity index is 0.000000193. The minimum atomic E-state index is -0.179. The highest BCUT2D eigenvalue weighted by Crippen LogP contribution is 2.36. The molecule has 4 fully saturated rings. The highest BCUT2D eigenvalue weighted by atomic mass is 79.9. The number of halogens is 1. The van der Waals surface area contributed by atoms with Crippen LogP contribution in [0.1, 0.15) is 73.6 Å². The molecule has 71 heavy (non-hydrogen) atoms. The quantitative estimate of drug-likeness (QED) is 0.0499. The third-order valence-electron chi connectivity index (χ3n) is 12.7. The van der Waals surface area contributed by atoms with Crippen molar-refractivity contribution >= 4 is 89.9 Å². The lowest BCUT2D eigenvalue weighted by molar-refractivity contribution is 0.101. The number of nitrogens with one attached hydrogen (secondary N) is 1. The van der Waals surface area contributed by atoms with Crippen molar-refractivity contribution < 1.29 is 28.5 Å². The number of isothiocyanates is 1. The predicted molar refractivity (Wildman–Crippen MR) is 297 cm³/mol. The van der Waals surface area contributed by atoms with E-state index in [2.05, 4.69) is 92.5 Å². The first-order valence-corrected chi connectivity index (χ1v) is 25.8. The summed E-state index contributed by atoms with van der Waals surface area (Å²) >= 11 is 8.99. The van der Waals surface area contributed by atoms with Gasteiger partial charge < -0.3 is 39.8 Å². The molecular formula is C54H69BrN8O6S2. The number of anilines is 5. The number of carbonyl (C=O) groups excluding carboxylic acids is 2. The highest BCUT2D eigenvalue weighted by molar-refractivity contribution is 9.09. The summed E-state index contributed by atoms with van der Waals surface area (Å²) in [7, 11) is 0. The molecule has 6 aliphatic rings. The number of benzene rings is 4. The average Bonchev–Trinajstić information content (AvgIpc) is 4.34. The number of Topliss-reactive ketones (excluding diaryl/α,β-unsaturated/α-hetero) is 1. The molecule has 4 aliphatic heterocycles. The van der Waals surface area contributed by atoms with E-state index in [1.54, 1.807) is 36.4 Å². The summed E-state index contributed by atoms with van der Waals surface area (Å²) in [4.78, 5) is 43.3. The predicted octanol–water partition coefficient (Wildman–Crippen LogP) is 10.9. The Morgan fingerprint density at radius 2 is 1.14 bits per heavy atom. The van der Waals surface area contributed by atoms with Gasteiger partial charge in [-0.2, -0.15) is 4.99 Å². The standard InChI is InChI=1S/C26H29N5O3S.C15H19N3S.C10H9BrO3.3CH4/c27-25-24(23(32)18-3-8-21-22(15-18)34-14-13-33-21)35-26(29-25)28-19-4-6-20(7-5-19)31-11-9-30(10-12-31)16-17-1-2-17;19-12-16-14-3-5-15(6-4-14)18-9-7-17(8-10-18)11-13-1-2-13;11-6-8(12)7-1-2-9-10(5-7)14-4-3-13-9;;;/h3-8,15,17H,1-2,9-14,16,27H2,(H,28,29);3-6,13H,1-2,7-11H2;1-2,5H,3-4,6H2;3*1H4. The van der Waals surface area contributed by atoms with Crippen molar-refractivity contribution in [2.24, 2.45) is 16.8 Å². The van der Waals surface area contributed by atoms with E-state index in [4.69, 9.17) is 24.7 Å². The fourth-order valence-corrected chi connectivity index (χ4v) is 9.83. The van der Waals surface area contributed by atoms with Crippen LogP contribution in [-0.4, -0.2) is 129 Å². The number of nitrogens with two attached hydrogens (primary N) is 1. The minimum Gasteiger partial charge on any atom is -0.486 e. The number of aromatic nitrogens is 1. The van der Waals surface area contributed by atoms with Gasteiger partial charge in [-0.25, -0.2) is 4.98 Å². The summed E-state index contributed by atoms with van der Waals surface area (Å²) in [5.41, 5.74) is 11.6. The lowest BCUT2D eigenvalue weighted by Gasteiger charge is -2.36. The van der Waals surface area contributed by atoms with Crippen molar-refractivity contribution in [2.75, 3.05) is 118 Å². The number of piperazine rings is 2. The molecule has 0 amide bonds. The number of carbonyl (C=O) groups is 2. The first-order chi connectivity index (χ1) is 33.3. The highest BCUT2D eigenvalue weighted by Gasteiger charge is 2.28. The van der Waals surface area contributed by atoms with Gasteiger partial charge in [0.05, 0.1) is 16.2 Å². The maximum atomic E-state index is 13.1. The second-order valence-electron chi connectivity index (χ2n) is 17.7. The molecule has 5 aromatic rings. The number of nitrogen functional groups attached to an aromatic ring is 1. The second kappa shape index (κ2) is 26.2. The van der Waals surface area contributed by atoms with Crippen LogP contribution in [0.4, 0.5) is 33.7 Å². The van der Waals surface area contributed by atoms with Crippen molar-refractivity contribution in [3.8, 4) is 23.0 Å². The average molecular weight is 1070 g/mol. The SMILES string of the molecule is C.C.C.Nc1nc(Nc2ccc(N3CCN(CC4CC4)CC3)cc2)sc1C(=O)c1ccc2c(c1)OCCO2.O=C(CBr)c1ccc2c(c1)OCCO2.S=C=Nc1ccc(N2CCN(CC3CC3)CC2)cc1. The molecule has 5 heterocycles. The van der Waals surface area contributed by atoms with Crippen LogP contribution in [0.5, 0.6) is 23.0 Å². The van der Waals surface area contributed by atoms with Crippen LogP contribution >= 0.6 is 39.5 Å². The van der Waals surface area contributed by atoms with Crippen molar-refractivity contribution in [3.63, 3.8) is 0 Å². The topological polar surface area (TPSA) is 147 Å². The van der Waals surface area contributed by atoms with Crippen LogP contribution < -0.4 is 39.8 Å². The van der Waals surface area contributed by atoms with E-state index in [-0.39, 0.29) is 39.7 Å². The fourth-order valence-electron chi connectivity index (χ4n) is 8.54. The van der Waals surface area contributed by atoms with Gasteiger partial charge in [0.2, 0.25) is 5.78 Å². The van der Waals surface area contributed by atoms with Gasteiger partial charge in [0.15, 0.2) is 33.9 Å². The maximum absolute atomic E-state index is 13.1. The summed E-state index contributed by atoms with van der Waals surface area (Å²) in [6.45, 7) is 13.7. The Labute approximate surface area is 437 Å². The van der Waals surface area contributed by atoms with E-state index < -0.39 is 0 Å². The normalized spacial score (nSPS) is 16.9. The number of nitrogens with zero attached hydrogens (tertiary/aromatic N) is 6. The van der Waals surface area contributed by atoms with Crippen LogP contribution in [0.2, 0.25) is 0 Å². The number of thiocarbonyl (C=S) groups is 1. The fraction of sp³-hybridized carbons (Fsp3) is 0.444. The number of hydrogen-bond donors (Lipinski definition) is 2. The zero-order chi connectivity index (χ0) is 46.8. The summed E-state index contributed by atoms with van der Waals surface area (Å²) in [6.07, 6.45) is 5.71. The van der Waals surface area contributed by atoms with E-state index in [9.17, 15) is 9.59 Å². The molecule has 0 bridgehead atoms. The molecule has 380 valence electrons. The van der Waals surface area contributed by atoms with Gasteiger partial charge in [-0.05, 0) is 135 Å². The number of ketones is 2. The zero-order valence-electron chi connectivity index (χ0n) is 38.1. The molecule has 2 aliphatic carbocycles. The molecule has 2 saturated carbocycles. The second-order valence-corrected chi connectivity index (χ2v) is 19.4. The molecule has 17 heteroatoms. The van der Waals surface area contributed by atoms with Crippen molar-refractivity contribution in [1.29, 1.82) is 0 Å². The first-order valence-electron chi connectivity index (χ1n) is 23.5. The summed E-state index contributed by atoms with van der Waals surface area (Å²) in [6, 6.07) is 27.1. The first kappa shape index (κ1) is 54.8. The third kappa shape index (κ3) is 15.0. The number of hydrogen-bond acceptors (Lipinski definition) is 16. The number of alkyl halides is 1. The number of aliphatic imine (C=N–C) groups is 1. The molecule has 0 unspecified atom stereocenters. The van der Waals surface area contributed by atoms with Gasteiger partial charge in [0.1, 0.15) is 37.1 Å². The van der Waals surface area contributed by atoms with Crippen LogP contribution in [0, 0.1) is 11.8 Å². The monoisotopic (exact) mass is 1070 g/mol. The molecule has 0 atom stereocenters. The molecule has 3 N–H and O–H groups in total. The Morgan fingerprint density at radius 3 is 1.62 bits per heavy atom. The maximum Gasteiger partial charge on any atom is 0.206 e. The number of thiazole rings is 1. The summed E-state index contributed by atoms with van der Waals surface area (Å²) < 4.78 is 21.9. The van der Waals surface area contributed by atoms with Gasteiger partial charge in [-0.15, -0.1) is 0 Å². The Hall–Kier alpha value is -5.55. The Bertz CT molecular complexity index is 2570. The summed E-state index contributed by atoms with van der Waals surface area (Å²) in [5.74, 6) is 4.62. The molecule has 2 saturated heterocycles. The van der Waals surface area contributed by atoms with Crippen molar-refractivity contribution in [1.82, 2.24) is 14.8 Å². The minimum absolute atomic E-state index is 0. The molecular weight excluding hydrogens is 1000 g/mol. The van der Waals surface area contributed by atoms with Gasteiger partial charge in [-0.1, -0.05) is 49.5 Å². The van der Waals surface area contributed by atoms with E-state index in [0.717, 1.165) is 62.5 Å². The smallest absolute Gasteiger partial charge is 0.206 e. The summed E-state index contributed by atoms with van der Waals surface area (Å²) in [5, 5.41) is 6.61. The van der Waals surface area contributed by atoms with E-state index in [0.29, 0.717) is 75.9 Å². The lowest BCUT2D eigenvalue weighted by Crippen LogP contribution is -2.47. The molecule has 14 nitrogen and oxygen atoms in total. The van der Waals surface area contributed by atoms with Gasteiger partial charge in [-0.3, -0.25) is 19.4 Å². The van der Waals surface area contributed by atoms with Crippen molar-refractivity contribution in [3.05, 3.63) is 101 Å². The molecule has 0 radical (unpaired) electrons. The van der Waals surface area contributed by atoms with Crippen molar-refractivity contribution in [2.45, 2.75) is 48.0 Å². The Morgan fingerprint density at radius 1 is 0.676 bits per heavy atom. The van der Waals surface area contributed by atoms with Gasteiger partial charge in [0, 0.05) is 93.6 Å². The number of rotatable bonds is 13. The molecule has 0 spiro atoms. The molecule has 11 rings (SSSR count).